The summed E-state index contributed by atoms with van der Waals surface area (Å²) in [5.41, 5.74) is 6.13. The molecule has 0 saturated carbocycles. The molecule has 0 bridgehead atoms. The molecule has 6 heteroatoms. The van der Waals surface area contributed by atoms with Crippen LogP contribution >= 0.6 is 11.5 Å². The van der Waals surface area contributed by atoms with Crippen LogP contribution in [0.2, 0.25) is 0 Å². The Hall–Kier alpha value is -1.01. The Labute approximate surface area is 99.6 Å². The van der Waals surface area contributed by atoms with Crippen LogP contribution in [0.5, 0.6) is 0 Å². The van der Waals surface area contributed by atoms with E-state index in [1.54, 1.807) is 0 Å². The molecule has 0 aliphatic rings. The fourth-order valence-electron chi connectivity index (χ4n) is 1.12. The van der Waals surface area contributed by atoms with Gasteiger partial charge in [0.05, 0.1) is 5.69 Å². The SMILES string of the molecule is CC(C)c1nnsc1C(=O)NCC(C)(C)N. The van der Waals surface area contributed by atoms with Crippen molar-refractivity contribution >= 4 is 17.4 Å². The zero-order chi connectivity index (χ0) is 12.3. The van der Waals surface area contributed by atoms with E-state index in [9.17, 15) is 4.79 Å². The van der Waals surface area contributed by atoms with Crippen LogP contribution in [0, 0.1) is 0 Å². The standard InChI is InChI=1S/C10H18N4OS/c1-6(2)7-8(16-14-13-7)9(15)12-5-10(3,4)11/h6H,5,11H2,1-4H3,(H,12,15). The molecule has 3 N–H and O–H groups in total. The Balaban J connectivity index is 2.70. The molecular weight excluding hydrogens is 224 g/mol. The van der Waals surface area contributed by atoms with Gasteiger partial charge in [-0.2, -0.15) is 0 Å². The quantitative estimate of drug-likeness (QED) is 0.829. The first-order valence-corrected chi connectivity index (χ1v) is 5.98. The molecule has 0 aliphatic heterocycles. The number of nitrogens with zero attached hydrogens (tertiary/aromatic N) is 2. The lowest BCUT2D eigenvalue weighted by molar-refractivity contribution is 0.0948. The van der Waals surface area contributed by atoms with Gasteiger partial charge < -0.3 is 11.1 Å². The van der Waals surface area contributed by atoms with E-state index in [4.69, 9.17) is 5.73 Å². The van der Waals surface area contributed by atoms with Crippen molar-refractivity contribution in [2.45, 2.75) is 39.2 Å². The number of carbonyl (C=O) groups excluding carboxylic acids is 1. The van der Waals surface area contributed by atoms with E-state index < -0.39 is 5.54 Å². The van der Waals surface area contributed by atoms with Gasteiger partial charge in [0.15, 0.2) is 0 Å². The summed E-state index contributed by atoms with van der Waals surface area (Å²) in [5, 5.41) is 6.74. The normalized spacial score (nSPS) is 11.9. The van der Waals surface area contributed by atoms with Crippen molar-refractivity contribution in [3.05, 3.63) is 10.6 Å². The molecule has 0 atom stereocenters. The van der Waals surface area contributed by atoms with Crippen molar-refractivity contribution < 1.29 is 4.79 Å². The fourth-order valence-corrected chi connectivity index (χ4v) is 1.86. The second kappa shape index (κ2) is 4.88. The first-order valence-electron chi connectivity index (χ1n) is 5.20. The average molecular weight is 242 g/mol. The van der Waals surface area contributed by atoms with Crippen LogP contribution in [0.25, 0.3) is 0 Å². The number of amides is 1. The average Bonchev–Trinajstić information content (AvgIpc) is 2.61. The molecule has 0 saturated heterocycles. The zero-order valence-electron chi connectivity index (χ0n) is 10.1. The van der Waals surface area contributed by atoms with Gasteiger partial charge in [-0.25, -0.2) is 0 Å². The first-order chi connectivity index (χ1) is 7.31. The minimum atomic E-state index is -0.411. The number of rotatable bonds is 4. The molecule has 1 aromatic rings. The highest BCUT2D eigenvalue weighted by molar-refractivity contribution is 7.08. The van der Waals surface area contributed by atoms with Crippen LogP contribution in [0.1, 0.15) is 49.0 Å². The number of hydrogen-bond donors (Lipinski definition) is 2. The van der Waals surface area contributed by atoms with Crippen molar-refractivity contribution in [3.8, 4) is 0 Å². The molecule has 0 fully saturated rings. The first kappa shape index (κ1) is 13.1. The van der Waals surface area contributed by atoms with Gasteiger partial charge in [0.2, 0.25) is 0 Å². The fraction of sp³-hybridized carbons (Fsp3) is 0.700. The molecule has 90 valence electrons. The Bertz CT molecular complexity index is 367. The van der Waals surface area contributed by atoms with Crippen LogP contribution < -0.4 is 11.1 Å². The summed E-state index contributed by atoms with van der Waals surface area (Å²) in [6.07, 6.45) is 0. The van der Waals surface area contributed by atoms with Crippen LogP contribution in [0.15, 0.2) is 0 Å². The highest BCUT2D eigenvalue weighted by Crippen LogP contribution is 2.19. The molecule has 1 aromatic heterocycles. The summed E-state index contributed by atoms with van der Waals surface area (Å²) < 4.78 is 3.81. The van der Waals surface area contributed by atoms with E-state index in [1.807, 2.05) is 27.7 Å². The van der Waals surface area contributed by atoms with Gasteiger partial charge in [-0.3, -0.25) is 4.79 Å². The van der Waals surface area contributed by atoms with Gasteiger partial charge >= 0.3 is 0 Å². The largest absolute Gasteiger partial charge is 0.349 e. The third-order valence-electron chi connectivity index (χ3n) is 1.97. The summed E-state index contributed by atoms with van der Waals surface area (Å²) in [4.78, 5) is 12.4. The number of carbonyl (C=O) groups is 1. The van der Waals surface area contributed by atoms with Gasteiger partial charge in [0.1, 0.15) is 4.88 Å². The van der Waals surface area contributed by atoms with Crippen LogP contribution in [-0.4, -0.2) is 27.6 Å². The maximum absolute atomic E-state index is 11.8. The van der Waals surface area contributed by atoms with Crippen LogP contribution in [-0.2, 0) is 0 Å². The van der Waals surface area contributed by atoms with Crippen molar-refractivity contribution in [2.75, 3.05) is 6.54 Å². The van der Waals surface area contributed by atoms with E-state index in [2.05, 4.69) is 14.9 Å². The molecule has 1 rings (SSSR count). The molecule has 0 radical (unpaired) electrons. The summed E-state index contributed by atoms with van der Waals surface area (Å²) in [6.45, 7) is 8.13. The second-order valence-corrected chi connectivity index (χ2v) is 5.57. The third-order valence-corrected chi connectivity index (χ3v) is 2.71. The van der Waals surface area contributed by atoms with Crippen molar-refractivity contribution in [1.82, 2.24) is 14.9 Å². The lowest BCUT2D eigenvalue weighted by Crippen LogP contribution is -2.45. The predicted octanol–water partition coefficient (Wildman–Crippen LogP) is 1.13. The summed E-state index contributed by atoms with van der Waals surface area (Å²) in [7, 11) is 0. The zero-order valence-corrected chi connectivity index (χ0v) is 10.9. The molecule has 1 heterocycles. The monoisotopic (exact) mass is 242 g/mol. The smallest absolute Gasteiger partial charge is 0.265 e. The molecule has 0 unspecified atom stereocenters. The Morgan fingerprint density at radius 2 is 2.19 bits per heavy atom. The highest BCUT2D eigenvalue weighted by atomic mass is 32.1. The molecule has 1 amide bonds. The van der Waals surface area contributed by atoms with Crippen molar-refractivity contribution in [2.24, 2.45) is 5.73 Å². The number of hydrogen-bond acceptors (Lipinski definition) is 5. The Morgan fingerprint density at radius 3 is 2.69 bits per heavy atom. The molecule has 16 heavy (non-hydrogen) atoms. The Morgan fingerprint density at radius 1 is 1.56 bits per heavy atom. The van der Waals surface area contributed by atoms with E-state index >= 15 is 0 Å². The van der Waals surface area contributed by atoms with Crippen molar-refractivity contribution in [3.63, 3.8) is 0 Å². The summed E-state index contributed by atoms with van der Waals surface area (Å²) >= 11 is 1.12. The lowest BCUT2D eigenvalue weighted by atomic mass is 10.1. The predicted molar refractivity (Wildman–Crippen MR) is 64.6 cm³/mol. The van der Waals surface area contributed by atoms with Crippen LogP contribution in [0.3, 0.4) is 0 Å². The molecular formula is C10H18N4OS. The lowest BCUT2D eigenvalue weighted by Gasteiger charge is -2.18. The van der Waals surface area contributed by atoms with E-state index in [0.29, 0.717) is 11.4 Å². The van der Waals surface area contributed by atoms with Crippen LogP contribution in [0.4, 0.5) is 0 Å². The van der Waals surface area contributed by atoms with Gasteiger partial charge in [0, 0.05) is 12.1 Å². The van der Waals surface area contributed by atoms with Gasteiger partial charge in [-0.05, 0) is 31.3 Å². The number of aromatic nitrogens is 2. The topological polar surface area (TPSA) is 80.9 Å². The summed E-state index contributed by atoms with van der Waals surface area (Å²) in [5.74, 6) is 0.0580. The van der Waals surface area contributed by atoms with Gasteiger partial charge in [-0.15, -0.1) is 5.10 Å². The Kier molecular flexibility index (Phi) is 3.98. The van der Waals surface area contributed by atoms with E-state index in [0.717, 1.165) is 17.2 Å². The van der Waals surface area contributed by atoms with Gasteiger partial charge in [-0.1, -0.05) is 18.3 Å². The minimum absolute atomic E-state index is 0.141. The summed E-state index contributed by atoms with van der Waals surface area (Å²) in [6, 6.07) is 0. The molecule has 0 aliphatic carbocycles. The van der Waals surface area contributed by atoms with Crippen molar-refractivity contribution in [1.29, 1.82) is 0 Å². The maximum Gasteiger partial charge on any atom is 0.265 e. The minimum Gasteiger partial charge on any atom is -0.349 e. The number of nitrogens with one attached hydrogen (secondary N) is 1. The molecule has 0 aromatic carbocycles. The molecule has 5 nitrogen and oxygen atoms in total. The highest BCUT2D eigenvalue weighted by Gasteiger charge is 2.20. The van der Waals surface area contributed by atoms with E-state index in [-0.39, 0.29) is 11.8 Å². The van der Waals surface area contributed by atoms with Gasteiger partial charge in [0.25, 0.3) is 5.91 Å². The molecule has 0 spiro atoms. The maximum atomic E-state index is 11.8. The van der Waals surface area contributed by atoms with E-state index in [1.165, 1.54) is 0 Å². The second-order valence-electron chi connectivity index (χ2n) is 4.81. The number of nitrogens with two attached hydrogens (primary N) is 1. The third kappa shape index (κ3) is 3.53.